The Bertz CT molecular complexity index is 1180. The van der Waals surface area contributed by atoms with Crippen molar-refractivity contribution in [1.82, 2.24) is 9.99 Å². The van der Waals surface area contributed by atoms with Crippen LogP contribution in [0.1, 0.15) is 24.3 Å². The summed E-state index contributed by atoms with van der Waals surface area (Å²) in [6, 6.07) is 11.6. The summed E-state index contributed by atoms with van der Waals surface area (Å²) in [7, 11) is 0. The van der Waals surface area contributed by atoms with Crippen molar-refractivity contribution in [2.75, 3.05) is 17.3 Å². The monoisotopic (exact) mass is 524 g/mol. The molecule has 0 fully saturated rings. The third kappa shape index (κ3) is 5.58. The van der Waals surface area contributed by atoms with Crippen molar-refractivity contribution in [2.45, 2.75) is 13.8 Å². The van der Waals surface area contributed by atoms with Gasteiger partial charge in [0.25, 0.3) is 5.91 Å². The molecule has 162 valence electrons. The molecule has 3 rings (SSSR count). The molecule has 7 nitrogen and oxygen atoms in total. The highest BCUT2D eigenvalue weighted by Gasteiger charge is 2.21. The highest BCUT2D eigenvalue weighted by atomic mass is 79.9. The van der Waals surface area contributed by atoms with Gasteiger partial charge in [0.2, 0.25) is 0 Å². The highest BCUT2D eigenvalue weighted by molar-refractivity contribution is 9.10. The van der Waals surface area contributed by atoms with Crippen LogP contribution in [-0.2, 0) is 9.59 Å². The van der Waals surface area contributed by atoms with Crippen LogP contribution >= 0.6 is 39.1 Å². The molecular formula is C21H19BrCl2N4O3. The first-order valence-electron chi connectivity index (χ1n) is 9.32. The fourth-order valence-electron chi connectivity index (χ4n) is 2.77. The van der Waals surface area contributed by atoms with E-state index in [2.05, 4.69) is 32.0 Å². The normalized spacial score (nSPS) is 10.9. The van der Waals surface area contributed by atoms with E-state index >= 15 is 0 Å². The minimum absolute atomic E-state index is 0.129. The fourth-order valence-corrected chi connectivity index (χ4v) is 3.45. The number of carbonyl (C=O) groups excluding carboxylic acids is 3. The second-order valence-corrected chi connectivity index (χ2v) is 8.93. The molecule has 10 heteroatoms. The smallest absolute Gasteiger partial charge is 0.328 e. The van der Waals surface area contributed by atoms with E-state index < -0.39 is 17.7 Å². The summed E-state index contributed by atoms with van der Waals surface area (Å²) in [5.41, 5.74) is 3.61. The number of fused-ring (bicyclic) bond motifs is 1. The number of anilines is 1. The highest BCUT2D eigenvalue weighted by Crippen LogP contribution is 2.27. The Labute approximate surface area is 197 Å². The molecule has 2 aromatic carbocycles. The van der Waals surface area contributed by atoms with Crippen LogP contribution in [0.5, 0.6) is 0 Å². The van der Waals surface area contributed by atoms with Crippen LogP contribution < -0.4 is 16.1 Å². The minimum atomic E-state index is -0.885. The predicted molar refractivity (Wildman–Crippen MR) is 126 cm³/mol. The summed E-state index contributed by atoms with van der Waals surface area (Å²) >= 11 is 15.3. The van der Waals surface area contributed by atoms with Gasteiger partial charge in [-0.25, -0.2) is 4.68 Å². The second kappa shape index (κ2) is 9.72. The second-order valence-electron chi connectivity index (χ2n) is 7.20. The molecule has 0 unspecified atom stereocenters. The average Bonchev–Trinajstić information content (AvgIpc) is 3.06. The number of benzene rings is 2. The van der Waals surface area contributed by atoms with E-state index in [-0.39, 0.29) is 11.6 Å². The number of carbonyl (C=O) groups is 3. The molecule has 1 aromatic heterocycles. The minimum Gasteiger partial charge on any atom is -0.348 e. The molecule has 1 heterocycles. The van der Waals surface area contributed by atoms with Gasteiger partial charge in [0.1, 0.15) is 5.69 Å². The van der Waals surface area contributed by atoms with Crippen molar-refractivity contribution in [2.24, 2.45) is 5.92 Å². The number of rotatable bonds is 5. The first-order valence-corrected chi connectivity index (χ1v) is 10.9. The van der Waals surface area contributed by atoms with Crippen LogP contribution in [0.25, 0.3) is 10.9 Å². The summed E-state index contributed by atoms with van der Waals surface area (Å²) in [6.07, 6.45) is 0. The molecule has 31 heavy (non-hydrogen) atoms. The van der Waals surface area contributed by atoms with Crippen LogP contribution in [0, 0.1) is 5.92 Å². The number of hydrogen-bond donors (Lipinski definition) is 3. The van der Waals surface area contributed by atoms with Gasteiger partial charge >= 0.3 is 11.8 Å². The zero-order valence-corrected chi connectivity index (χ0v) is 19.7. The summed E-state index contributed by atoms with van der Waals surface area (Å²) < 4.78 is 2.08. The predicted octanol–water partition coefficient (Wildman–Crippen LogP) is 4.81. The number of amides is 3. The molecular weight excluding hydrogens is 507 g/mol. The Morgan fingerprint density at radius 2 is 1.74 bits per heavy atom. The number of halogens is 3. The lowest BCUT2D eigenvalue weighted by Gasteiger charge is -2.13. The van der Waals surface area contributed by atoms with Crippen LogP contribution in [0.4, 0.5) is 5.69 Å². The van der Waals surface area contributed by atoms with Crippen molar-refractivity contribution in [1.29, 1.82) is 0 Å². The molecule has 0 spiro atoms. The van der Waals surface area contributed by atoms with Gasteiger partial charge in [-0.3, -0.25) is 19.8 Å². The van der Waals surface area contributed by atoms with Gasteiger partial charge in [-0.05, 0) is 48.4 Å². The molecule has 0 aliphatic rings. The lowest BCUT2D eigenvalue weighted by atomic mass is 10.2. The third-order valence-corrected chi connectivity index (χ3v) is 5.50. The van der Waals surface area contributed by atoms with Crippen LogP contribution in [0.3, 0.4) is 0 Å². The first-order chi connectivity index (χ1) is 14.7. The lowest BCUT2D eigenvalue weighted by molar-refractivity contribution is -0.136. The Balaban J connectivity index is 1.92. The molecule has 0 aliphatic carbocycles. The number of nitrogens with zero attached hydrogens (tertiary/aromatic N) is 1. The van der Waals surface area contributed by atoms with E-state index in [1.165, 1.54) is 10.7 Å². The third-order valence-electron chi connectivity index (χ3n) is 4.26. The average molecular weight is 526 g/mol. The van der Waals surface area contributed by atoms with Gasteiger partial charge < -0.3 is 10.6 Å². The van der Waals surface area contributed by atoms with Crippen molar-refractivity contribution in [3.05, 3.63) is 62.7 Å². The Kier molecular flexibility index (Phi) is 7.25. The maximum Gasteiger partial charge on any atom is 0.328 e. The van der Waals surface area contributed by atoms with E-state index in [0.29, 0.717) is 33.2 Å². The standard InChI is InChI=1S/C21H19BrCl2N4O3/c1-11(2)10-25-20(30)21(31)27-28-17-6-3-13(22)7-12(17)8-18(28)19(29)26-14-4-5-15(23)16(24)9-14/h3-9,11H,10H2,1-2H3,(H,25,30)(H,26,29)(H,27,31). The molecule has 0 aliphatic heterocycles. The van der Waals surface area contributed by atoms with Crippen LogP contribution in [0.2, 0.25) is 10.0 Å². The molecule has 3 N–H and O–H groups in total. The van der Waals surface area contributed by atoms with E-state index in [9.17, 15) is 14.4 Å². The van der Waals surface area contributed by atoms with Crippen molar-refractivity contribution < 1.29 is 14.4 Å². The number of hydrogen-bond acceptors (Lipinski definition) is 3. The molecule has 0 bridgehead atoms. The van der Waals surface area contributed by atoms with Crippen molar-refractivity contribution >= 4 is 73.4 Å². The van der Waals surface area contributed by atoms with Gasteiger partial charge in [0.05, 0.1) is 15.6 Å². The molecule has 0 saturated carbocycles. The topological polar surface area (TPSA) is 92.2 Å². The number of nitrogens with one attached hydrogen (secondary N) is 3. The zero-order valence-electron chi connectivity index (χ0n) is 16.6. The molecule has 0 radical (unpaired) electrons. The lowest BCUT2D eigenvalue weighted by Crippen LogP contribution is -2.41. The van der Waals surface area contributed by atoms with Crippen LogP contribution in [0.15, 0.2) is 46.9 Å². The van der Waals surface area contributed by atoms with Crippen molar-refractivity contribution in [3.63, 3.8) is 0 Å². The molecule has 3 amide bonds. The van der Waals surface area contributed by atoms with Gasteiger partial charge in [-0.15, -0.1) is 0 Å². The van der Waals surface area contributed by atoms with E-state index in [4.69, 9.17) is 23.2 Å². The Morgan fingerprint density at radius 1 is 1.00 bits per heavy atom. The van der Waals surface area contributed by atoms with Gasteiger partial charge in [0, 0.05) is 22.1 Å². The zero-order chi connectivity index (χ0) is 22.7. The summed E-state index contributed by atoms with van der Waals surface area (Å²) in [4.78, 5) is 37.5. The number of aromatic nitrogens is 1. The van der Waals surface area contributed by atoms with Gasteiger partial charge in [-0.2, -0.15) is 0 Å². The molecule has 0 saturated heterocycles. The molecule has 0 atom stereocenters. The largest absolute Gasteiger partial charge is 0.348 e. The first kappa shape index (κ1) is 23.1. The van der Waals surface area contributed by atoms with E-state index in [1.54, 1.807) is 36.4 Å². The summed E-state index contributed by atoms with van der Waals surface area (Å²) in [5, 5.41) is 6.61. The maximum atomic E-state index is 13.0. The van der Waals surface area contributed by atoms with Gasteiger partial charge in [0.15, 0.2) is 0 Å². The summed E-state index contributed by atoms with van der Waals surface area (Å²) in [6.45, 7) is 4.19. The van der Waals surface area contributed by atoms with E-state index in [1.807, 2.05) is 13.8 Å². The maximum absolute atomic E-state index is 13.0. The van der Waals surface area contributed by atoms with Crippen LogP contribution in [-0.4, -0.2) is 28.9 Å². The summed E-state index contributed by atoms with van der Waals surface area (Å²) in [5.74, 6) is -1.99. The SMILES string of the molecule is CC(C)CNC(=O)C(=O)Nn1c(C(=O)Nc2ccc(Cl)c(Cl)c2)cc2cc(Br)ccc21. The Morgan fingerprint density at radius 3 is 2.42 bits per heavy atom. The van der Waals surface area contributed by atoms with Crippen molar-refractivity contribution in [3.8, 4) is 0 Å². The molecule has 3 aromatic rings. The van der Waals surface area contributed by atoms with Gasteiger partial charge in [-0.1, -0.05) is 53.0 Å². The van der Waals surface area contributed by atoms with E-state index in [0.717, 1.165) is 4.47 Å². The fraction of sp³-hybridized carbons (Fsp3) is 0.190. The Hall–Kier alpha value is -2.55. The quantitative estimate of drug-likeness (QED) is 0.417.